The number of sulfonamides is 1. The van der Waals surface area contributed by atoms with Gasteiger partial charge in [-0.05, 0) is 33.8 Å². The van der Waals surface area contributed by atoms with E-state index in [0.717, 1.165) is 4.88 Å². The lowest BCUT2D eigenvalue weighted by molar-refractivity contribution is 0.0528. The van der Waals surface area contributed by atoms with Gasteiger partial charge in [0.1, 0.15) is 5.00 Å². The van der Waals surface area contributed by atoms with Gasteiger partial charge in [0.25, 0.3) is 0 Å². The fraction of sp³-hybridized carbons (Fsp3) is 0.545. The quantitative estimate of drug-likeness (QED) is 0.845. The summed E-state index contributed by atoms with van der Waals surface area (Å²) in [5, 5.41) is -0.241. The van der Waals surface area contributed by atoms with Crippen molar-refractivity contribution in [3.63, 3.8) is 0 Å². The van der Waals surface area contributed by atoms with Crippen molar-refractivity contribution in [1.82, 2.24) is 0 Å². The van der Waals surface area contributed by atoms with E-state index in [9.17, 15) is 13.2 Å². The number of rotatable bonds is 5. The average molecular weight is 291 g/mol. The minimum atomic E-state index is -3.46. The number of carbonyl (C=O) groups excluding carboxylic acids is 1. The Hall–Kier alpha value is -1.08. The Balaban J connectivity index is 3.07. The van der Waals surface area contributed by atoms with Crippen molar-refractivity contribution in [3.8, 4) is 0 Å². The first-order chi connectivity index (χ1) is 8.27. The van der Waals surface area contributed by atoms with Crippen molar-refractivity contribution in [2.45, 2.75) is 32.9 Å². The molecule has 0 aliphatic rings. The molecule has 1 N–H and O–H groups in total. The van der Waals surface area contributed by atoms with E-state index in [0.29, 0.717) is 5.00 Å². The number of ether oxygens (including phenoxy) is 1. The van der Waals surface area contributed by atoms with Crippen LogP contribution in [0.1, 0.15) is 36.0 Å². The first-order valence-electron chi connectivity index (χ1n) is 5.57. The molecule has 0 radical (unpaired) electrons. The molecule has 0 saturated heterocycles. The fourth-order valence-electron chi connectivity index (χ4n) is 1.20. The molecular formula is C11H17NO4S2. The highest BCUT2D eigenvalue weighted by Gasteiger charge is 2.22. The molecule has 0 bridgehead atoms. The number of hydrogen-bond acceptors (Lipinski definition) is 5. The molecule has 0 spiro atoms. The summed E-state index contributed by atoms with van der Waals surface area (Å²) in [6.07, 6.45) is 0. The van der Waals surface area contributed by atoms with Gasteiger partial charge in [0, 0.05) is 4.88 Å². The second kappa shape index (κ2) is 5.71. The Morgan fingerprint density at radius 3 is 2.61 bits per heavy atom. The first kappa shape index (κ1) is 15.0. The van der Waals surface area contributed by atoms with Crippen molar-refractivity contribution >= 4 is 32.3 Å². The smallest absolute Gasteiger partial charge is 0.341 e. The Morgan fingerprint density at radius 1 is 1.50 bits per heavy atom. The summed E-state index contributed by atoms with van der Waals surface area (Å²) in [7, 11) is -3.46. The minimum absolute atomic E-state index is 0.254. The van der Waals surface area contributed by atoms with Crippen LogP contribution in [-0.4, -0.2) is 26.2 Å². The molecule has 1 heterocycles. The molecule has 0 unspecified atom stereocenters. The molecule has 0 aliphatic heterocycles. The summed E-state index contributed by atoms with van der Waals surface area (Å²) < 4.78 is 30.9. The molecule has 102 valence electrons. The third-order valence-corrected chi connectivity index (χ3v) is 5.03. The molecule has 1 aromatic rings. The predicted octanol–water partition coefficient (Wildman–Crippen LogP) is 2.38. The molecule has 0 amide bonds. The van der Waals surface area contributed by atoms with Gasteiger partial charge in [-0.15, -0.1) is 11.3 Å². The van der Waals surface area contributed by atoms with Crippen LogP contribution in [0.5, 0.6) is 0 Å². The van der Waals surface area contributed by atoms with Gasteiger partial charge >= 0.3 is 5.97 Å². The summed E-state index contributed by atoms with van der Waals surface area (Å²) in [4.78, 5) is 12.5. The summed E-state index contributed by atoms with van der Waals surface area (Å²) >= 11 is 1.22. The van der Waals surface area contributed by atoms with Crippen LogP contribution >= 0.6 is 11.3 Å². The second-order valence-electron chi connectivity index (χ2n) is 4.02. The van der Waals surface area contributed by atoms with Crippen LogP contribution in [-0.2, 0) is 14.8 Å². The Labute approximate surface area is 111 Å². The molecule has 0 fully saturated rings. The largest absolute Gasteiger partial charge is 0.462 e. The fourth-order valence-corrected chi connectivity index (χ4v) is 3.07. The van der Waals surface area contributed by atoms with E-state index < -0.39 is 21.2 Å². The monoisotopic (exact) mass is 291 g/mol. The molecule has 0 aromatic carbocycles. The van der Waals surface area contributed by atoms with Crippen molar-refractivity contribution in [2.75, 3.05) is 11.3 Å². The highest BCUT2D eigenvalue weighted by Crippen LogP contribution is 2.29. The van der Waals surface area contributed by atoms with Crippen LogP contribution in [0.15, 0.2) is 6.07 Å². The lowest BCUT2D eigenvalue weighted by atomic mass is 10.3. The maximum atomic E-state index is 11.8. The van der Waals surface area contributed by atoms with Crippen LogP contribution in [0, 0.1) is 6.92 Å². The third-order valence-electron chi connectivity index (χ3n) is 2.21. The van der Waals surface area contributed by atoms with Gasteiger partial charge in [0.05, 0.1) is 17.4 Å². The zero-order valence-electron chi connectivity index (χ0n) is 10.8. The van der Waals surface area contributed by atoms with Crippen molar-refractivity contribution in [1.29, 1.82) is 0 Å². The van der Waals surface area contributed by atoms with Crippen LogP contribution in [0.3, 0.4) is 0 Å². The maximum Gasteiger partial charge on any atom is 0.341 e. The van der Waals surface area contributed by atoms with Gasteiger partial charge < -0.3 is 4.74 Å². The predicted molar refractivity (Wildman–Crippen MR) is 72.7 cm³/mol. The van der Waals surface area contributed by atoms with E-state index in [2.05, 4.69) is 4.72 Å². The van der Waals surface area contributed by atoms with E-state index in [4.69, 9.17) is 4.74 Å². The number of anilines is 1. The molecule has 1 aromatic heterocycles. The average Bonchev–Trinajstić information content (AvgIpc) is 2.58. The number of nitrogens with one attached hydrogen (secondary N) is 1. The van der Waals surface area contributed by atoms with Crippen LogP contribution in [0.25, 0.3) is 0 Å². The highest BCUT2D eigenvalue weighted by molar-refractivity contribution is 7.93. The van der Waals surface area contributed by atoms with Crippen molar-refractivity contribution in [2.24, 2.45) is 0 Å². The number of hydrogen-bond donors (Lipinski definition) is 1. The molecule has 5 nitrogen and oxygen atoms in total. The summed E-state index contributed by atoms with van der Waals surface area (Å²) in [5.74, 6) is -0.511. The molecule has 0 aliphatic carbocycles. The lowest BCUT2D eigenvalue weighted by Crippen LogP contribution is -2.23. The zero-order valence-corrected chi connectivity index (χ0v) is 12.4. The van der Waals surface area contributed by atoms with Crippen LogP contribution in [0.4, 0.5) is 5.00 Å². The topological polar surface area (TPSA) is 72.5 Å². The zero-order chi connectivity index (χ0) is 13.9. The van der Waals surface area contributed by atoms with Crippen molar-refractivity contribution in [3.05, 3.63) is 16.5 Å². The number of carbonyl (C=O) groups is 1. The van der Waals surface area contributed by atoms with Crippen LogP contribution < -0.4 is 4.72 Å². The first-order valence-corrected chi connectivity index (χ1v) is 7.93. The van der Waals surface area contributed by atoms with E-state index in [1.54, 1.807) is 33.8 Å². The summed E-state index contributed by atoms with van der Waals surface area (Å²) in [6.45, 7) is 6.92. The highest BCUT2D eigenvalue weighted by atomic mass is 32.2. The van der Waals surface area contributed by atoms with E-state index in [1.165, 1.54) is 11.3 Å². The van der Waals surface area contributed by atoms with Crippen LogP contribution in [0.2, 0.25) is 0 Å². The number of esters is 1. The van der Waals surface area contributed by atoms with Gasteiger partial charge in [-0.3, -0.25) is 4.72 Å². The van der Waals surface area contributed by atoms with Gasteiger partial charge in [-0.25, -0.2) is 13.2 Å². The van der Waals surface area contributed by atoms with Crippen molar-refractivity contribution < 1.29 is 17.9 Å². The molecule has 18 heavy (non-hydrogen) atoms. The van der Waals surface area contributed by atoms with E-state index in [-0.39, 0.29) is 12.2 Å². The molecule has 0 atom stereocenters. The summed E-state index contributed by atoms with van der Waals surface area (Å²) in [6, 6.07) is 1.63. The SMILES string of the molecule is CCOC(=O)c1cc(C)sc1NS(=O)(=O)C(C)C. The Kier molecular flexibility index (Phi) is 4.75. The number of thiophene rings is 1. The normalized spacial score (nSPS) is 11.6. The Morgan fingerprint density at radius 2 is 2.11 bits per heavy atom. The maximum absolute atomic E-state index is 11.8. The molecular weight excluding hydrogens is 274 g/mol. The lowest BCUT2D eigenvalue weighted by Gasteiger charge is -2.10. The minimum Gasteiger partial charge on any atom is -0.462 e. The van der Waals surface area contributed by atoms with E-state index in [1.807, 2.05) is 0 Å². The second-order valence-corrected chi connectivity index (χ2v) is 7.51. The van der Waals surface area contributed by atoms with E-state index >= 15 is 0 Å². The molecule has 7 heteroatoms. The molecule has 0 saturated carbocycles. The van der Waals surface area contributed by atoms with Gasteiger partial charge in [0.15, 0.2) is 0 Å². The number of aryl methyl sites for hydroxylation is 1. The molecule has 1 rings (SSSR count). The van der Waals surface area contributed by atoms with Gasteiger partial charge in [-0.2, -0.15) is 0 Å². The summed E-state index contributed by atoms with van der Waals surface area (Å²) in [5.41, 5.74) is 0.267. The standard InChI is InChI=1S/C11H17NO4S2/c1-5-16-11(13)9-6-8(4)17-10(9)12-18(14,15)7(2)3/h6-7,12H,5H2,1-4H3. The third kappa shape index (κ3) is 3.46. The van der Waals surface area contributed by atoms with Gasteiger partial charge in [-0.1, -0.05) is 0 Å². The Bertz CT molecular complexity index is 531. The van der Waals surface area contributed by atoms with Gasteiger partial charge in [0.2, 0.25) is 10.0 Å².